The van der Waals surface area contributed by atoms with Crippen LogP contribution in [0.15, 0.2) is 12.3 Å². The van der Waals surface area contributed by atoms with Crippen LogP contribution in [-0.2, 0) is 0 Å². The fourth-order valence-electron chi connectivity index (χ4n) is 0.986. The van der Waals surface area contributed by atoms with Gasteiger partial charge in [-0.3, -0.25) is 0 Å². The fourth-order valence-corrected chi connectivity index (χ4v) is 0.986. The predicted molar refractivity (Wildman–Crippen MR) is 54.7 cm³/mol. The zero-order chi connectivity index (χ0) is 9.78. The Labute approximate surface area is 76.8 Å². The standard InChI is InChI=1S/C10H22N2/c1-7-8-12(11(5)6)9-10(2,3)4/h7-8H,9H2,1-6H3/b8-7-. The molecule has 2 heteroatoms. The van der Waals surface area contributed by atoms with Gasteiger partial charge in [0.15, 0.2) is 0 Å². The molecule has 0 aromatic rings. The van der Waals surface area contributed by atoms with E-state index in [1.54, 1.807) is 0 Å². The van der Waals surface area contributed by atoms with E-state index >= 15 is 0 Å². The monoisotopic (exact) mass is 170 g/mol. The molecule has 0 fully saturated rings. The summed E-state index contributed by atoms with van der Waals surface area (Å²) < 4.78 is 0. The molecule has 0 saturated heterocycles. The van der Waals surface area contributed by atoms with Crippen LogP contribution in [0.2, 0.25) is 0 Å². The lowest BCUT2D eigenvalue weighted by Gasteiger charge is -2.33. The van der Waals surface area contributed by atoms with Crippen molar-refractivity contribution in [3.8, 4) is 0 Å². The average Bonchev–Trinajstić information content (AvgIpc) is 1.83. The molecule has 0 saturated carbocycles. The highest BCUT2D eigenvalue weighted by Crippen LogP contribution is 2.15. The molecular weight excluding hydrogens is 148 g/mol. The summed E-state index contributed by atoms with van der Waals surface area (Å²) in [6.07, 6.45) is 4.16. The Bertz CT molecular complexity index is 142. The van der Waals surface area contributed by atoms with Crippen molar-refractivity contribution in [3.63, 3.8) is 0 Å². The van der Waals surface area contributed by atoms with Crippen LogP contribution in [0.4, 0.5) is 0 Å². The van der Waals surface area contributed by atoms with Gasteiger partial charge in [-0.15, -0.1) is 0 Å². The quantitative estimate of drug-likeness (QED) is 0.600. The number of hydrogen-bond acceptors (Lipinski definition) is 2. The van der Waals surface area contributed by atoms with Gasteiger partial charge in [0.05, 0.1) is 0 Å². The summed E-state index contributed by atoms with van der Waals surface area (Å²) in [6, 6.07) is 0. The van der Waals surface area contributed by atoms with Gasteiger partial charge in [0.2, 0.25) is 0 Å². The Kier molecular flexibility index (Phi) is 4.32. The fraction of sp³-hybridized carbons (Fsp3) is 0.800. The van der Waals surface area contributed by atoms with E-state index in [0.717, 1.165) is 6.54 Å². The largest absolute Gasteiger partial charge is 0.313 e. The van der Waals surface area contributed by atoms with Gasteiger partial charge in [0, 0.05) is 26.8 Å². The SMILES string of the molecule is C/C=C\N(CC(C)(C)C)N(C)C. The summed E-state index contributed by atoms with van der Waals surface area (Å²) in [4.78, 5) is 0. The molecule has 0 spiro atoms. The number of hydrazine groups is 1. The van der Waals surface area contributed by atoms with Gasteiger partial charge in [0.1, 0.15) is 0 Å². The van der Waals surface area contributed by atoms with Crippen molar-refractivity contribution in [2.75, 3.05) is 20.6 Å². The summed E-state index contributed by atoms with van der Waals surface area (Å²) in [7, 11) is 4.12. The molecule has 0 aliphatic heterocycles. The molecule has 0 aliphatic rings. The van der Waals surface area contributed by atoms with Crippen LogP contribution in [0.5, 0.6) is 0 Å². The van der Waals surface area contributed by atoms with E-state index < -0.39 is 0 Å². The van der Waals surface area contributed by atoms with Crippen LogP contribution in [0.25, 0.3) is 0 Å². The van der Waals surface area contributed by atoms with Gasteiger partial charge in [-0.1, -0.05) is 26.8 Å². The predicted octanol–water partition coefficient (Wildman–Crippen LogP) is 2.34. The van der Waals surface area contributed by atoms with E-state index in [1.807, 2.05) is 6.92 Å². The van der Waals surface area contributed by atoms with Crippen LogP contribution in [0.3, 0.4) is 0 Å². The first-order valence-corrected chi connectivity index (χ1v) is 4.43. The highest BCUT2D eigenvalue weighted by molar-refractivity contribution is 4.79. The van der Waals surface area contributed by atoms with Gasteiger partial charge >= 0.3 is 0 Å². The summed E-state index contributed by atoms with van der Waals surface area (Å²) in [5, 5.41) is 4.31. The first-order valence-electron chi connectivity index (χ1n) is 4.43. The van der Waals surface area contributed by atoms with Crippen molar-refractivity contribution < 1.29 is 0 Å². The van der Waals surface area contributed by atoms with Gasteiger partial charge < -0.3 is 5.01 Å². The third-order valence-corrected chi connectivity index (χ3v) is 1.47. The molecule has 2 nitrogen and oxygen atoms in total. The minimum Gasteiger partial charge on any atom is -0.313 e. The first kappa shape index (κ1) is 11.5. The Morgan fingerprint density at radius 2 is 1.67 bits per heavy atom. The second-order valence-electron chi connectivity index (χ2n) is 4.49. The van der Waals surface area contributed by atoms with Gasteiger partial charge in [-0.2, -0.15) is 0 Å². The molecule has 0 atom stereocenters. The van der Waals surface area contributed by atoms with E-state index in [0.29, 0.717) is 5.41 Å². The van der Waals surface area contributed by atoms with E-state index in [1.165, 1.54) is 0 Å². The maximum absolute atomic E-state index is 2.24. The third kappa shape index (κ3) is 5.19. The van der Waals surface area contributed by atoms with Gasteiger partial charge in [-0.25, -0.2) is 5.01 Å². The molecule has 72 valence electrons. The Balaban J connectivity index is 4.14. The Morgan fingerprint density at radius 3 is 1.92 bits per heavy atom. The molecule has 0 unspecified atom stereocenters. The second-order valence-corrected chi connectivity index (χ2v) is 4.49. The van der Waals surface area contributed by atoms with E-state index in [4.69, 9.17) is 0 Å². The van der Waals surface area contributed by atoms with Crippen LogP contribution in [0.1, 0.15) is 27.7 Å². The van der Waals surface area contributed by atoms with E-state index in [2.05, 4.69) is 57.2 Å². The Morgan fingerprint density at radius 1 is 1.17 bits per heavy atom. The molecule has 0 bridgehead atoms. The lowest BCUT2D eigenvalue weighted by Crippen LogP contribution is -2.38. The summed E-state index contributed by atoms with van der Waals surface area (Å²) in [5.41, 5.74) is 0.337. The smallest absolute Gasteiger partial charge is 0.0388 e. The molecule has 0 aliphatic carbocycles. The highest BCUT2D eigenvalue weighted by Gasteiger charge is 2.14. The normalized spacial score (nSPS) is 12.9. The molecule has 0 aromatic heterocycles. The van der Waals surface area contributed by atoms with E-state index in [9.17, 15) is 0 Å². The van der Waals surface area contributed by atoms with Crippen molar-refractivity contribution in [2.24, 2.45) is 5.41 Å². The van der Waals surface area contributed by atoms with Crippen LogP contribution in [-0.4, -0.2) is 30.7 Å². The van der Waals surface area contributed by atoms with Crippen molar-refractivity contribution in [2.45, 2.75) is 27.7 Å². The van der Waals surface area contributed by atoms with Crippen LogP contribution in [0, 0.1) is 5.41 Å². The molecule has 0 radical (unpaired) electrons. The van der Waals surface area contributed by atoms with E-state index in [-0.39, 0.29) is 0 Å². The summed E-state index contributed by atoms with van der Waals surface area (Å²) in [6.45, 7) is 9.82. The number of allylic oxidation sites excluding steroid dienone is 1. The van der Waals surface area contributed by atoms with Crippen LogP contribution < -0.4 is 0 Å². The number of hydrogen-bond donors (Lipinski definition) is 0. The average molecular weight is 170 g/mol. The highest BCUT2D eigenvalue weighted by atomic mass is 15.6. The maximum atomic E-state index is 2.24. The lowest BCUT2D eigenvalue weighted by molar-refractivity contribution is 0.0474. The molecule has 0 N–H and O–H groups in total. The molecule has 12 heavy (non-hydrogen) atoms. The van der Waals surface area contributed by atoms with Gasteiger partial charge in [-0.05, 0) is 12.3 Å². The molecule has 0 heterocycles. The summed E-state index contributed by atoms with van der Waals surface area (Å²) in [5.74, 6) is 0. The third-order valence-electron chi connectivity index (χ3n) is 1.47. The second kappa shape index (κ2) is 4.51. The van der Waals surface area contributed by atoms with Gasteiger partial charge in [0.25, 0.3) is 0 Å². The molecule has 0 rings (SSSR count). The minimum absolute atomic E-state index is 0.337. The van der Waals surface area contributed by atoms with Crippen molar-refractivity contribution in [1.82, 2.24) is 10.0 Å². The molecule has 0 amide bonds. The van der Waals surface area contributed by atoms with Crippen LogP contribution >= 0.6 is 0 Å². The minimum atomic E-state index is 0.337. The summed E-state index contributed by atoms with van der Waals surface area (Å²) >= 11 is 0. The van der Waals surface area contributed by atoms with Crippen molar-refractivity contribution in [1.29, 1.82) is 0 Å². The topological polar surface area (TPSA) is 6.48 Å². The zero-order valence-electron chi connectivity index (χ0n) is 9.26. The maximum Gasteiger partial charge on any atom is 0.0388 e. The number of nitrogens with zero attached hydrogens (tertiary/aromatic N) is 2. The Hall–Kier alpha value is -0.500. The van der Waals surface area contributed by atoms with Crippen molar-refractivity contribution in [3.05, 3.63) is 12.3 Å². The first-order chi connectivity index (χ1) is 5.37. The molecule has 0 aromatic carbocycles. The molecular formula is C10H22N2. The number of rotatable bonds is 3. The lowest BCUT2D eigenvalue weighted by atomic mass is 9.97. The van der Waals surface area contributed by atoms with Crippen molar-refractivity contribution >= 4 is 0 Å². The zero-order valence-corrected chi connectivity index (χ0v) is 9.26.